The van der Waals surface area contributed by atoms with Crippen LogP contribution in [0.1, 0.15) is 12.0 Å². The Hall–Kier alpha value is -4.03. The van der Waals surface area contributed by atoms with Crippen molar-refractivity contribution in [2.24, 2.45) is 0 Å². The van der Waals surface area contributed by atoms with Crippen molar-refractivity contribution in [1.82, 2.24) is 44.9 Å². The number of anilines is 1. The first-order chi connectivity index (χ1) is 18.9. The molecule has 7 rings (SSSR count). The minimum Gasteiger partial charge on any atom is -0.352 e. The lowest BCUT2D eigenvalue weighted by Gasteiger charge is -2.33. The molecule has 2 saturated heterocycles. The SMILES string of the molecule is CN1CCN(c2nccc3[nH]c(-c4n[nH]c5cnc(-c6cncc(CN7CCC(F)(F)C7)c6)cc45)nc23)CC1. The first-order valence-corrected chi connectivity index (χ1v) is 13.1. The molecule has 10 nitrogen and oxygen atoms in total. The summed E-state index contributed by atoms with van der Waals surface area (Å²) in [6, 6.07) is 5.86. The average Bonchev–Trinajstić information content (AvgIpc) is 3.64. The molecule has 2 aliphatic rings. The van der Waals surface area contributed by atoms with Crippen molar-refractivity contribution in [2.75, 3.05) is 51.2 Å². The van der Waals surface area contributed by atoms with Crippen molar-refractivity contribution >= 4 is 27.8 Å². The number of nitrogens with zero attached hydrogens (tertiary/aromatic N) is 8. The number of pyridine rings is 3. The van der Waals surface area contributed by atoms with Crippen LogP contribution in [0.25, 0.3) is 44.7 Å². The lowest BCUT2D eigenvalue weighted by molar-refractivity contribution is 0.0115. The van der Waals surface area contributed by atoms with Crippen LogP contribution in [0.2, 0.25) is 0 Å². The largest absolute Gasteiger partial charge is 0.352 e. The Morgan fingerprint density at radius 2 is 1.87 bits per heavy atom. The van der Waals surface area contributed by atoms with Crippen molar-refractivity contribution < 1.29 is 8.78 Å². The van der Waals surface area contributed by atoms with Crippen molar-refractivity contribution in [3.63, 3.8) is 0 Å². The van der Waals surface area contributed by atoms with E-state index in [9.17, 15) is 8.78 Å². The van der Waals surface area contributed by atoms with E-state index in [2.05, 4.69) is 47.0 Å². The molecule has 0 atom stereocenters. The van der Waals surface area contributed by atoms with E-state index in [0.29, 0.717) is 24.6 Å². The van der Waals surface area contributed by atoms with Crippen LogP contribution in [0.3, 0.4) is 0 Å². The fourth-order valence-corrected chi connectivity index (χ4v) is 5.45. The van der Waals surface area contributed by atoms with E-state index in [-0.39, 0.29) is 13.0 Å². The number of aromatic nitrogens is 7. The number of H-pyrrole nitrogens is 2. The van der Waals surface area contributed by atoms with Gasteiger partial charge >= 0.3 is 0 Å². The monoisotopic (exact) mass is 530 g/mol. The Kier molecular flexibility index (Phi) is 5.74. The highest BCUT2D eigenvalue weighted by Gasteiger charge is 2.38. The summed E-state index contributed by atoms with van der Waals surface area (Å²) in [5, 5.41) is 8.49. The number of likely N-dealkylation sites (tertiary alicyclic amines) is 1. The number of fused-ring (bicyclic) bond motifs is 2. The molecule has 12 heteroatoms. The van der Waals surface area contributed by atoms with E-state index < -0.39 is 5.92 Å². The molecule has 2 fully saturated rings. The summed E-state index contributed by atoms with van der Waals surface area (Å²) in [6.45, 7) is 4.35. The molecule has 0 unspecified atom stereocenters. The minimum atomic E-state index is -2.62. The highest BCUT2D eigenvalue weighted by molar-refractivity contribution is 5.96. The molecule has 2 aliphatic heterocycles. The number of nitrogens with one attached hydrogen (secondary N) is 2. The van der Waals surface area contributed by atoms with Gasteiger partial charge in [0.25, 0.3) is 5.92 Å². The van der Waals surface area contributed by atoms with Crippen molar-refractivity contribution in [1.29, 1.82) is 0 Å². The zero-order chi connectivity index (χ0) is 26.6. The number of hydrogen-bond acceptors (Lipinski definition) is 8. The van der Waals surface area contributed by atoms with Crippen molar-refractivity contribution in [2.45, 2.75) is 18.9 Å². The Morgan fingerprint density at radius 1 is 1.00 bits per heavy atom. The number of imidazole rings is 1. The maximum Gasteiger partial charge on any atom is 0.261 e. The zero-order valence-electron chi connectivity index (χ0n) is 21.5. The lowest BCUT2D eigenvalue weighted by Crippen LogP contribution is -2.44. The van der Waals surface area contributed by atoms with Gasteiger partial charge in [-0.2, -0.15) is 5.10 Å². The molecule has 39 heavy (non-hydrogen) atoms. The predicted molar refractivity (Wildman–Crippen MR) is 145 cm³/mol. The summed E-state index contributed by atoms with van der Waals surface area (Å²) >= 11 is 0. The van der Waals surface area contributed by atoms with Gasteiger partial charge in [-0.15, -0.1) is 0 Å². The smallest absolute Gasteiger partial charge is 0.261 e. The molecular formula is C27H28F2N10. The van der Waals surface area contributed by atoms with Gasteiger partial charge in [0.05, 0.1) is 29.5 Å². The summed E-state index contributed by atoms with van der Waals surface area (Å²) in [5.41, 5.74) is 5.63. The summed E-state index contributed by atoms with van der Waals surface area (Å²) in [6.07, 6.45) is 6.92. The van der Waals surface area contributed by atoms with Crippen LogP contribution in [0.15, 0.2) is 43.0 Å². The third-order valence-electron chi connectivity index (χ3n) is 7.60. The van der Waals surface area contributed by atoms with Gasteiger partial charge in [0.15, 0.2) is 11.6 Å². The molecule has 0 bridgehead atoms. The molecule has 0 saturated carbocycles. The van der Waals surface area contributed by atoms with E-state index in [0.717, 1.165) is 70.8 Å². The first kappa shape index (κ1) is 24.0. The number of alkyl halides is 2. The first-order valence-electron chi connectivity index (χ1n) is 13.1. The topological polar surface area (TPSA) is 106 Å². The number of hydrogen-bond donors (Lipinski definition) is 2. The molecule has 2 N–H and O–H groups in total. The molecule has 5 aromatic rings. The molecule has 0 radical (unpaired) electrons. The van der Waals surface area contributed by atoms with Gasteiger partial charge in [-0.3, -0.25) is 20.0 Å². The van der Waals surface area contributed by atoms with Gasteiger partial charge in [0.1, 0.15) is 11.2 Å². The molecule has 200 valence electrons. The maximum atomic E-state index is 13.6. The zero-order valence-corrected chi connectivity index (χ0v) is 21.5. The Morgan fingerprint density at radius 3 is 2.69 bits per heavy atom. The Balaban J connectivity index is 1.21. The standard InChI is InChI=1S/C27H28F2N10/c1-37-6-8-39(9-7-37)26-24-20(2-4-31-26)33-25(34-24)23-19-11-21(32-14-22(19)35-36-23)18-10-17(12-30-13-18)15-38-5-3-27(28,29)16-38/h2,4,10-14H,3,5-9,15-16H2,1H3,(H,33,34)(H,35,36). The molecule has 0 spiro atoms. The summed E-state index contributed by atoms with van der Waals surface area (Å²) in [4.78, 5) is 28.3. The van der Waals surface area contributed by atoms with E-state index in [4.69, 9.17) is 4.98 Å². The molecule has 0 aromatic carbocycles. The van der Waals surface area contributed by atoms with Crippen LogP contribution in [-0.2, 0) is 6.54 Å². The second kappa shape index (κ2) is 9.31. The summed E-state index contributed by atoms with van der Waals surface area (Å²) in [5.74, 6) is -1.09. The fraction of sp³-hybridized carbons (Fsp3) is 0.370. The van der Waals surface area contributed by atoms with E-state index >= 15 is 0 Å². The molecular weight excluding hydrogens is 502 g/mol. The fourth-order valence-electron chi connectivity index (χ4n) is 5.45. The highest BCUT2D eigenvalue weighted by atomic mass is 19.3. The van der Waals surface area contributed by atoms with Gasteiger partial charge < -0.3 is 14.8 Å². The van der Waals surface area contributed by atoms with Gasteiger partial charge in [-0.25, -0.2) is 18.7 Å². The van der Waals surface area contributed by atoms with Crippen LogP contribution in [0.4, 0.5) is 14.6 Å². The highest BCUT2D eigenvalue weighted by Crippen LogP contribution is 2.32. The Labute approximate surface area is 223 Å². The normalized spacial score (nSPS) is 18.5. The number of rotatable bonds is 5. The second-order valence-corrected chi connectivity index (χ2v) is 10.5. The van der Waals surface area contributed by atoms with Gasteiger partial charge in [-0.05, 0) is 30.8 Å². The lowest BCUT2D eigenvalue weighted by atomic mass is 10.1. The van der Waals surface area contributed by atoms with E-state index in [1.54, 1.807) is 23.5 Å². The van der Waals surface area contributed by atoms with Crippen LogP contribution >= 0.6 is 0 Å². The van der Waals surface area contributed by atoms with Gasteiger partial charge in [0, 0.05) is 75.2 Å². The quantitative estimate of drug-likeness (QED) is 0.356. The second-order valence-electron chi connectivity index (χ2n) is 10.5. The van der Waals surface area contributed by atoms with Gasteiger partial charge in [-0.1, -0.05) is 0 Å². The molecule has 0 amide bonds. The van der Waals surface area contributed by atoms with E-state index in [1.807, 2.05) is 24.4 Å². The molecule has 0 aliphatic carbocycles. The van der Waals surface area contributed by atoms with Crippen LogP contribution in [0, 0.1) is 0 Å². The minimum absolute atomic E-state index is 0.101. The van der Waals surface area contributed by atoms with E-state index in [1.165, 1.54) is 0 Å². The van der Waals surface area contributed by atoms with Crippen LogP contribution in [0.5, 0.6) is 0 Å². The maximum absolute atomic E-state index is 13.6. The predicted octanol–water partition coefficient (Wildman–Crippen LogP) is 3.55. The van der Waals surface area contributed by atoms with Crippen LogP contribution < -0.4 is 4.90 Å². The average molecular weight is 531 g/mol. The van der Waals surface area contributed by atoms with Gasteiger partial charge in [0.2, 0.25) is 0 Å². The summed E-state index contributed by atoms with van der Waals surface area (Å²) in [7, 11) is 2.13. The number of likely N-dealkylation sites (N-methyl/N-ethyl adjacent to an activating group) is 1. The number of piperazine rings is 1. The number of halogens is 2. The molecule has 5 aromatic heterocycles. The van der Waals surface area contributed by atoms with Crippen molar-refractivity contribution in [3.8, 4) is 22.8 Å². The Bertz CT molecular complexity index is 1650. The third kappa shape index (κ3) is 4.59. The number of aromatic amines is 2. The van der Waals surface area contributed by atoms with Crippen LogP contribution in [-0.4, -0.2) is 97.2 Å². The van der Waals surface area contributed by atoms with Crippen molar-refractivity contribution in [3.05, 3.63) is 48.5 Å². The third-order valence-corrected chi connectivity index (χ3v) is 7.60. The summed E-state index contributed by atoms with van der Waals surface area (Å²) < 4.78 is 27.3. The molecule has 7 heterocycles.